The van der Waals surface area contributed by atoms with Crippen LogP contribution in [0.5, 0.6) is 0 Å². The van der Waals surface area contributed by atoms with Gasteiger partial charge < -0.3 is 4.74 Å². The second-order valence-corrected chi connectivity index (χ2v) is 6.81. The maximum atomic E-state index is 5.86. The zero-order valence-electron chi connectivity index (χ0n) is 14.5. The van der Waals surface area contributed by atoms with Crippen molar-refractivity contribution in [2.75, 3.05) is 26.3 Å². The first-order chi connectivity index (χ1) is 11.8. The molecule has 1 fully saturated rings. The zero-order valence-corrected chi connectivity index (χ0v) is 14.5. The Morgan fingerprint density at radius 2 is 2.00 bits per heavy atom. The highest BCUT2D eigenvalue weighted by atomic mass is 16.5. The van der Waals surface area contributed by atoms with Crippen molar-refractivity contribution >= 4 is 0 Å². The van der Waals surface area contributed by atoms with E-state index in [2.05, 4.69) is 40.0 Å². The number of hydrogen-bond acceptors (Lipinski definition) is 4. The predicted molar refractivity (Wildman–Crippen MR) is 95.6 cm³/mol. The van der Waals surface area contributed by atoms with Crippen molar-refractivity contribution in [2.24, 2.45) is 5.41 Å². The molecule has 1 atom stereocenters. The molecule has 0 N–H and O–H groups in total. The highest BCUT2D eigenvalue weighted by Gasteiger charge is 2.37. The van der Waals surface area contributed by atoms with Crippen molar-refractivity contribution in [3.05, 3.63) is 60.2 Å². The number of rotatable bonds is 8. The number of pyridine rings is 2. The molecule has 3 rings (SSSR count). The summed E-state index contributed by atoms with van der Waals surface area (Å²) in [5.74, 6) is 0. The predicted octanol–water partition coefficient (Wildman–Crippen LogP) is 3.34. The average molecular weight is 325 g/mol. The minimum absolute atomic E-state index is 0.265. The van der Waals surface area contributed by atoms with Gasteiger partial charge in [0.2, 0.25) is 0 Å². The molecule has 4 heteroatoms. The average Bonchev–Trinajstić information content (AvgIpc) is 3.03. The fourth-order valence-corrected chi connectivity index (χ4v) is 3.58. The Kier molecular flexibility index (Phi) is 5.94. The molecule has 0 spiro atoms. The lowest BCUT2D eigenvalue weighted by atomic mass is 9.82. The van der Waals surface area contributed by atoms with Gasteiger partial charge in [-0.1, -0.05) is 6.07 Å². The van der Waals surface area contributed by atoms with Crippen molar-refractivity contribution in [1.29, 1.82) is 0 Å². The molecule has 0 bridgehead atoms. The van der Waals surface area contributed by atoms with E-state index in [1.807, 2.05) is 30.9 Å². The molecule has 24 heavy (non-hydrogen) atoms. The first kappa shape index (κ1) is 17.1. The molecule has 0 aromatic carbocycles. The van der Waals surface area contributed by atoms with E-state index >= 15 is 0 Å². The smallest absolute Gasteiger partial charge is 0.0535 e. The van der Waals surface area contributed by atoms with Crippen LogP contribution < -0.4 is 0 Å². The van der Waals surface area contributed by atoms with Crippen LogP contribution in [0.2, 0.25) is 0 Å². The second-order valence-electron chi connectivity index (χ2n) is 6.81. The van der Waals surface area contributed by atoms with Gasteiger partial charge >= 0.3 is 0 Å². The van der Waals surface area contributed by atoms with Crippen molar-refractivity contribution < 1.29 is 4.74 Å². The molecule has 0 radical (unpaired) electrons. The Bertz CT molecular complexity index is 605. The van der Waals surface area contributed by atoms with Crippen LogP contribution in [-0.2, 0) is 17.7 Å². The van der Waals surface area contributed by atoms with Crippen molar-refractivity contribution in [2.45, 2.75) is 32.7 Å². The Morgan fingerprint density at radius 3 is 2.75 bits per heavy atom. The number of aryl methyl sites for hydroxylation is 1. The van der Waals surface area contributed by atoms with Gasteiger partial charge in [-0.05, 0) is 62.1 Å². The van der Waals surface area contributed by atoms with Crippen LogP contribution in [-0.4, -0.2) is 41.2 Å². The molecule has 1 aliphatic heterocycles. The molecule has 0 saturated carbocycles. The summed E-state index contributed by atoms with van der Waals surface area (Å²) < 4.78 is 5.86. The maximum Gasteiger partial charge on any atom is 0.0535 e. The molecule has 1 aliphatic rings. The lowest BCUT2D eigenvalue weighted by molar-refractivity contribution is 0.0489. The molecule has 128 valence electrons. The first-order valence-electron chi connectivity index (χ1n) is 8.88. The molecule has 0 aliphatic carbocycles. The van der Waals surface area contributed by atoms with Crippen LogP contribution in [0.1, 0.15) is 30.9 Å². The Balaban J connectivity index is 1.61. The summed E-state index contributed by atoms with van der Waals surface area (Å²) in [6, 6.07) is 8.42. The summed E-state index contributed by atoms with van der Waals surface area (Å²) in [6.45, 7) is 6.96. The van der Waals surface area contributed by atoms with Gasteiger partial charge in [0.1, 0.15) is 0 Å². The Hall–Kier alpha value is -1.78. The number of ether oxygens (including phenoxy) is 1. The van der Waals surface area contributed by atoms with Crippen molar-refractivity contribution in [3.63, 3.8) is 0 Å². The minimum atomic E-state index is 0.265. The Labute approximate surface area is 144 Å². The van der Waals surface area contributed by atoms with Gasteiger partial charge in [-0.3, -0.25) is 14.9 Å². The van der Waals surface area contributed by atoms with Gasteiger partial charge in [-0.15, -0.1) is 0 Å². The SMILES string of the molecule is CCOCC1(CCc2ccncc2)CCN(Cc2cccnc2)C1. The van der Waals surface area contributed by atoms with Gasteiger partial charge in [0.15, 0.2) is 0 Å². The second kappa shape index (κ2) is 8.36. The highest BCUT2D eigenvalue weighted by molar-refractivity contribution is 5.11. The van der Waals surface area contributed by atoms with E-state index in [-0.39, 0.29) is 5.41 Å². The van der Waals surface area contributed by atoms with Gasteiger partial charge in [-0.2, -0.15) is 0 Å². The summed E-state index contributed by atoms with van der Waals surface area (Å²) in [6.07, 6.45) is 11.0. The van der Waals surface area contributed by atoms with Crippen LogP contribution in [0.4, 0.5) is 0 Å². The van der Waals surface area contributed by atoms with E-state index in [1.165, 1.54) is 24.0 Å². The van der Waals surface area contributed by atoms with Crippen LogP contribution >= 0.6 is 0 Å². The lowest BCUT2D eigenvalue weighted by Crippen LogP contribution is -2.32. The molecule has 3 heterocycles. The summed E-state index contributed by atoms with van der Waals surface area (Å²) in [7, 11) is 0. The third kappa shape index (κ3) is 4.62. The monoisotopic (exact) mass is 325 g/mol. The van der Waals surface area contributed by atoms with Gasteiger partial charge in [0, 0.05) is 49.9 Å². The van der Waals surface area contributed by atoms with Gasteiger partial charge in [0.25, 0.3) is 0 Å². The van der Waals surface area contributed by atoms with Crippen molar-refractivity contribution in [3.8, 4) is 0 Å². The van der Waals surface area contributed by atoms with E-state index in [4.69, 9.17) is 4.74 Å². The summed E-state index contributed by atoms with van der Waals surface area (Å²) >= 11 is 0. The molecule has 2 aromatic rings. The summed E-state index contributed by atoms with van der Waals surface area (Å²) in [4.78, 5) is 10.9. The Morgan fingerprint density at radius 1 is 1.12 bits per heavy atom. The zero-order chi connectivity index (χ0) is 16.7. The first-order valence-corrected chi connectivity index (χ1v) is 8.88. The molecule has 1 saturated heterocycles. The topological polar surface area (TPSA) is 38.2 Å². The molecule has 2 aromatic heterocycles. The minimum Gasteiger partial charge on any atom is -0.381 e. The number of likely N-dealkylation sites (tertiary alicyclic amines) is 1. The van der Waals surface area contributed by atoms with Crippen LogP contribution in [0.15, 0.2) is 49.1 Å². The lowest BCUT2D eigenvalue weighted by Gasteiger charge is -2.29. The van der Waals surface area contributed by atoms with Gasteiger partial charge in [-0.25, -0.2) is 0 Å². The highest BCUT2D eigenvalue weighted by Crippen LogP contribution is 2.36. The van der Waals surface area contributed by atoms with E-state index < -0.39 is 0 Å². The van der Waals surface area contributed by atoms with Crippen LogP contribution in [0.25, 0.3) is 0 Å². The molecule has 4 nitrogen and oxygen atoms in total. The van der Waals surface area contributed by atoms with Crippen molar-refractivity contribution in [1.82, 2.24) is 14.9 Å². The number of hydrogen-bond donors (Lipinski definition) is 0. The summed E-state index contributed by atoms with van der Waals surface area (Å²) in [5, 5.41) is 0. The van der Waals surface area contributed by atoms with E-state index in [0.717, 1.165) is 39.3 Å². The third-order valence-corrected chi connectivity index (χ3v) is 4.95. The number of nitrogens with zero attached hydrogens (tertiary/aromatic N) is 3. The van der Waals surface area contributed by atoms with Crippen LogP contribution in [0.3, 0.4) is 0 Å². The van der Waals surface area contributed by atoms with E-state index in [9.17, 15) is 0 Å². The van der Waals surface area contributed by atoms with E-state index in [1.54, 1.807) is 0 Å². The largest absolute Gasteiger partial charge is 0.381 e. The standard InChI is InChI=1S/C20H27N3O/c1-2-24-17-20(8-5-18-6-11-21-12-7-18)9-13-23(16-20)15-19-4-3-10-22-14-19/h3-4,6-7,10-12,14H,2,5,8-9,13,15-17H2,1H3. The molecule has 1 unspecified atom stereocenters. The number of aromatic nitrogens is 2. The quantitative estimate of drug-likeness (QED) is 0.746. The molecular weight excluding hydrogens is 298 g/mol. The maximum absolute atomic E-state index is 5.86. The molecule has 0 amide bonds. The fraction of sp³-hybridized carbons (Fsp3) is 0.500. The van der Waals surface area contributed by atoms with E-state index in [0.29, 0.717) is 0 Å². The van der Waals surface area contributed by atoms with Crippen LogP contribution in [0, 0.1) is 5.41 Å². The molecular formula is C20H27N3O. The fourth-order valence-electron chi connectivity index (χ4n) is 3.58. The summed E-state index contributed by atoms with van der Waals surface area (Å²) in [5.41, 5.74) is 2.92. The van der Waals surface area contributed by atoms with Gasteiger partial charge in [0.05, 0.1) is 6.61 Å². The normalized spacial score (nSPS) is 21.2. The third-order valence-electron chi connectivity index (χ3n) is 4.95.